The smallest absolute Gasteiger partial charge is 0.256 e. The fourth-order valence-electron chi connectivity index (χ4n) is 3.56. The maximum atomic E-state index is 13.0. The Morgan fingerprint density at radius 1 is 0.970 bits per heavy atom. The fourth-order valence-corrected chi connectivity index (χ4v) is 3.56. The van der Waals surface area contributed by atoms with E-state index in [0.717, 1.165) is 22.2 Å². The van der Waals surface area contributed by atoms with E-state index in [9.17, 15) is 4.79 Å². The highest BCUT2D eigenvalue weighted by molar-refractivity contribution is 6.13. The van der Waals surface area contributed by atoms with Crippen LogP contribution in [-0.4, -0.2) is 23.0 Å². The first-order valence-electron chi connectivity index (χ1n) is 10.8. The molecule has 168 valence electrons. The maximum Gasteiger partial charge on any atom is 0.256 e. The molecule has 1 heterocycles. The minimum absolute atomic E-state index is 0.0646. The normalized spacial score (nSPS) is 11.4. The average Bonchev–Trinajstić information content (AvgIpc) is 2.79. The molecule has 0 unspecified atom stereocenters. The van der Waals surface area contributed by atoms with Crippen LogP contribution in [0.25, 0.3) is 10.8 Å². The van der Waals surface area contributed by atoms with Crippen LogP contribution in [-0.2, 0) is 16.8 Å². The largest absolute Gasteiger partial charge is 0.439 e. The van der Waals surface area contributed by atoms with E-state index in [2.05, 4.69) is 36.1 Å². The van der Waals surface area contributed by atoms with Crippen molar-refractivity contribution >= 4 is 22.4 Å². The first-order valence-corrected chi connectivity index (χ1v) is 10.8. The van der Waals surface area contributed by atoms with Gasteiger partial charge in [0, 0.05) is 24.4 Å². The van der Waals surface area contributed by atoms with E-state index in [-0.39, 0.29) is 11.3 Å². The van der Waals surface area contributed by atoms with E-state index < -0.39 is 0 Å². The standard InChI is InChI=1S/C27H27N3O3/c1-27(2,3)19-8-10-20(11-9-19)30-26(31)24-7-5-6-18-14-22(12-13-23(18)24)33-25-15-21(16-32-4)28-17-29-25/h5-15,17H,16H2,1-4H3,(H,30,31). The Labute approximate surface area is 193 Å². The highest BCUT2D eigenvalue weighted by atomic mass is 16.5. The van der Waals surface area contributed by atoms with Gasteiger partial charge in [0.05, 0.1) is 12.3 Å². The van der Waals surface area contributed by atoms with E-state index in [1.54, 1.807) is 13.2 Å². The van der Waals surface area contributed by atoms with Crippen LogP contribution in [0.2, 0.25) is 0 Å². The molecule has 3 aromatic carbocycles. The van der Waals surface area contributed by atoms with Gasteiger partial charge in [-0.25, -0.2) is 9.97 Å². The third kappa shape index (κ3) is 5.35. The van der Waals surface area contributed by atoms with Gasteiger partial charge in [-0.05, 0) is 58.1 Å². The molecule has 0 radical (unpaired) electrons. The van der Waals surface area contributed by atoms with Gasteiger partial charge in [0.25, 0.3) is 5.91 Å². The molecule has 1 amide bonds. The maximum absolute atomic E-state index is 13.0. The number of aromatic nitrogens is 2. The van der Waals surface area contributed by atoms with Gasteiger partial charge in [0.2, 0.25) is 5.88 Å². The minimum Gasteiger partial charge on any atom is -0.439 e. The van der Waals surface area contributed by atoms with Crippen LogP contribution in [0.1, 0.15) is 42.4 Å². The summed E-state index contributed by atoms with van der Waals surface area (Å²) in [6, 6.07) is 21.0. The predicted molar refractivity (Wildman–Crippen MR) is 130 cm³/mol. The molecule has 0 saturated heterocycles. The predicted octanol–water partition coefficient (Wildman–Crippen LogP) is 6.12. The quantitative estimate of drug-likeness (QED) is 0.390. The summed E-state index contributed by atoms with van der Waals surface area (Å²) < 4.78 is 11.0. The third-order valence-electron chi connectivity index (χ3n) is 5.32. The van der Waals surface area contributed by atoms with E-state index in [0.29, 0.717) is 23.8 Å². The number of nitrogens with one attached hydrogen (secondary N) is 1. The van der Waals surface area contributed by atoms with Crippen LogP contribution < -0.4 is 10.1 Å². The fraction of sp³-hybridized carbons (Fsp3) is 0.222. The molecule has 33 heavy (non-hydrogen) atoms. The van der Waals surface area contributed by atoms with Crippen molar-refractivity contribution in [2.45, 2.75) is 32.8 Å². The molecule has 0 aliphatic carbocycles. The van der Waals surface area contributed by atoms with Crippen LogP contribution in [0.15, 0.2) is 73.1 Å². The Kier molecular flexibility index (Phi) is 6.38. The summed E-state index contributed by atoms with van der Waals surface area (Å²) in [6.07, 6.45) is 1.45. The Bertz CT molecular complexity index is 1280. The average molecular weight is 442 g/mol. The molecule has 0 aliphatic rings. The first kappa shape index (κ1) is 22.4. The molecule has 0 fully saturated rings. The number of hydrogen-bond donors (Lipinski definition) is 1. The summed E-state index contributed by atoms with van der Waals surface area (Å²) in [7, 11) is 1.61. The number of rotatable bonds is 6. The van der Waals surface area contributed by atoms with Crippen molar-refractivity contribution in [1.82, 2.24) is 9.97 Å². The summed E-state index contributed by atoms with van der Waals surface area (Å²) in [5.41, 5.74) is 3.38. The Morgan fingerprint density at radius 3 is 2.48 bits per heavy atom. The van der Waals surface area contributed by atoms with Gasteiger partial charge in [-0.2, -0.15) is 0 Å². The van der Waals surface area contributed by atoms with Crippen LogP contribution in [0.3, 0.4) is 0 Å². The van der Waals surface area contributed by atoms with Gasteiger partial charge >= 0.3 is 0 Å². The van der Waals surface area contributed by atoms with Crippen LogP contribution in [0.5, 0.6) is 11.6 Å². The highest BCUT2D eigenvalue weighted by Crippen LogP contribution is 2.28. The van der Waals surface area contributed by atoms with E-state index in [1.807, 2.05) is 60.7 Å². The van der Waals surface area contributed by atoms with Crippen molar-refractivity contribution in [3.63, 3.8) is 0 Å². The highest BCUT2D eigenvalue weighted by Gasteiger charge is 2.15. The Hall–Kier alpha value is -3.77. The lowest BCUT2D eigenvalue weighted by Gasteiger charge is -2.19. The topological polar surface area (TPSA) is 73.3 Å². The third-order valence-corrected chi connectivity index (χ3v) is 5.32. The molecule has 0 aliphatic heterocycles. The van der Waals surface area contributed by atoms with Crippen LogP contribution in [0.4, 0.5) is 5.69 Å². The molecule has 6 heteroatoms. The number of fused-ring (bicyclic) bond motifs is 1. The van der Waals surface area contributed by atoms with Gasteiger partial charge < -0.3 is 14.8 Å². The van der Waals surface area contributed by atoms with Gasteiger partial charge in [-0.1, -0.05) is 45.0 Å². The number of hydrogen-bond acceptors (Lipinski definition) is 5. The van der Waals surface area contributed by atoms with Crippen LogP contribution in [0, 0.1) is 0 Å². The van der Waals surface area contributed by atoms with Crippen LogP contribution >= 0.6 is 0 Å². The Morgan fingerprint density at radius 2 is 1.76 bits per heavy atom. The number of carbonyl (C=O) groups is 1. The second-order valence-electron chi connectivity index (χ2n) is 8.85. The van der Waals surface area contributed by atoms with Crippen molar-refractivity contribution in [2.24, 2.45) is 0 Å². The molecular weight excluding hydrogens is 414 g/mol. The number of ether oxygens (including phenoxy) is 2. The summed E-state index contributed by atoms with van der Waals surface area (Å²) in [5, 5.41) is 4.74. The number of carbonyl (C=O) groups excluding carboxylic acids is 1. The minimum atomic E-state index is -0.155. The molecule has 4 aromatic rings. The molecule has 6 nitrogen and oxygen atoms in total. The summed E-state index contributed by atoms with van der Waals surface area (Å²) in [4.78, 5) is 21.3. The van der Waals surface area contributed by atoms with Gasteiger partial charge in [-0.15, -0.1) is 0 Å². The molecule has 1 aromatic heterocycles. The van der Waals surface area contributed by atoms with Crippen molar-refractivity contribution < 1.29 is 14.3 Å². The molecule has 0 atom stereocenters. The number of nitrogens with zero attached hydrogens (tertiary/aromatic N) is 2. The number of anilines is 1. The summed E-state index contributed by atoms with van der Waals surface area (Å²) in [5.74, 6) is 0.904. The monoisotopic (exact) mass is 441 g/mol. The van der Waals surface area contributed by atoms with Gasteiger partial charge in [0.1, 0.15) is 12.1 Å². The van der Waals surface area contributed by atoms with Gasteiger partial charge in [0.15, 0.2) is 0 Å². The van der Waals surface area contributed by atoms with Crippen molar-refractivity contribution in [2.75, 3.05) is 12.4 Å². The number of benzene rings is 3. The zero-order valence-corrected chi connectivity index (χ0v) is 19.3. The van der Waals surface area contributed by atoms with E-state index in [1.165, 1.54) is 11.9 Å². The lowest BCUT2D eigenvalue weighted by Crippen LogP contribution is -2.14. The summed E-state index contributed by atoms with van der Waals surface area (Å²) in [6.45, 7) is 6.88. The van der Waals surface area contributed by atoms with Crippen molar-refractivity contribution in [3.8, 4) is 11.6 Å². The molecule has 0 spiro atoms. The second-order valence-corrected chi connectivity index (χ2v) is 8.85. The lowest BCUT2D eigenvalue weighted by molar-refractivity contribution is 0.102. The number of methoxy groups -OCH3 is 1. The van der Waals surface area contributed by atoms with E-state index in [4.69, 9.17) is 9.47 Å². The SMILES string of the molecule is COCc1cc(Oc2ccc3c(C(=O)Nc4ccc(C(C)(C)C)cc4)cccc3c2)ncn1. The second kappa shape index (κ2) is 9.38. The molecule has 0 saturated carbocycles. The zero-order valence-electron chi connectivity index (χ0n) is 19.3. The van der Waals surface area contributed by atoms with E-state index >= 15 is 0 Å². The molecular formula is C27H27N3O3. The van der Waals surface area contributed by atoms with Crippen molar-refractivity contribution in [3.05, 3.63) is 89.9 Å². The molecule has 1 N–H and O–H groups in total. The molecule has 0 bridgehead atoms. The Balaban J connectivity index is 1.54. The summed E-state index contributed by atoms with van der Waals surface area (Å²) >= 11 is 0. The number of amides is 1. The first-order chi connectivity index (χ1) is 15.8. The zero-order chi connectivity index (χ0) is 23.4. The lowest BCUT2D eigenvalue weighted by atomic mass is 9.87. The molecule has 4 rings (SSSR count). The van der Waals surface area contributed by atoms with Crippen molar-refractivity contribution in [1.29, 1.82) is 0 Å². The van der Waals surface area contributed by atoms with Gasteiger partial charge in [-0.3, -0.25) is 4.79 Å².